The molecule has 126 valence electrons. The molecule has 0 aliphatic rings. The molecule has 6 nitrogen and oxygen atoms in total. The second-order valence-electron chi connectivity index (χ2n) is 5.65. The fourth-order valence-corrected chi connectivity index (χ4v) is 2.56. The lowest BCUT2D eigenvalue weighted by Crippen LogP contribution is -1.96. The summed E-state index contributed by atoms with van der Waals surface area (Å²) in [6.07, 6.45) is 11.8. The van der Waals surface area contributed by atoms with Crippen LogP contribution >= 0.6 is 0 Å². The minimum atomic E-state index is -0.0393. The van der Waals surface area contributed by atoms with Gasteiger partial charge in [0, 0.05) is 23.6 Å². The summed E-state index contributed by atoms with van der Waals surface area (Å²) in [5.41, 5.74) is 3.47. The molecule has 0 bridgehead atoms. The third-order valence-corrected chi connectivity index (χ3v) is 3.96. The van der Waals surface area contributed by atoms with E-state index in [-0.39, 0.29) is 5.78 Å². The Kier molecular flexibility index (Phi) is 4.22. The van der Waals surface area contributed by atoms with Crippen LogP contribution in [0.5, 0.6) is 0 Å². The molecule has 0 unspecified atom stereocenters. The molecule has 0 amide bonds. The van der Waals surface area contributed by atoms with Crippen LogP contribution in [0.1, 0.15) is 15.9 Å². The lowest BCUT2D eigenvalue weighted by molar-refractivity contribution is 0.104. The highest BCUT2D eigenvalue weighted by Crippen LogP contribution is 2.12. The van der Waals surface area contributed by atoms with Crippen molar-refractivity contribution in [1.29, 1.82) is 0 Å². The van der Waals surface area contributed by atoms with Crippen LogP contribution in [-0.4, -0.2) is 30.1 Å². The normalized spacial score (nSPS) is 11.1. The molecule has 0 aliphatic carbocycles. The maximum atomic E-state index is 12.3. The predicted octanol–water partition coefficient (Wildman–Crippen LogP) is 3.35. The minimum Gasteiger partial charge on any atom is -0.306 e. The summed E-state index contributed by atoms with van der Waals surface area (Å²) in [7, 11) is 0. The van der Waals surface area contributed by atoms with Gasteiger partial charge in [-0.15, -0.1) is 0 Å². The van der Waals surface area contributed by atoms with E-state index in [1.165, 1.54) is 6.33 Å². The van der Waals surface area contributed by atoms with Crippen molar-refractivity contribution in [1.82, 2.24) is 24.3 Å². The number of carbonyl (C=O) groups is 1. The topological polar surface area (TPSA) is 65.6 Å². The van der Waals surface area contributed by atoms with Gasteiger partial charge in [-0.3, -0.25) is 4.79 Å². The number of rotatable bonds is 5. The average Bonchev–Trinajstić information content (AvgIpc) is 3.40. The van der Waals surface area contributed by atoms with Crippen molar-refractivity contribution < 1.29 is 4.79 Å². The molecular formula is C20H15N5O. The maximum Gasteiger partial charge on any atom is 0.185 e. The molecule has 6 heteroatoms. The fraction of sp³-hybridized carbons (Fsp3) is 0. The Balaban J connectivity index is 1.45. The van der Waals surface area contributed by atoms with Crippen LogP contribution in [0.15, 0.2) is 86.0 Å². The molecule has 0 saturated carbocycles. The van der Waals surface area contributed by atoms with E-state index in [0.29, 0.717) is 5.56 Å². The van der Waals surface area contributed by atoms with Crippen molar-refractivity contribution in [2.45, 2.75) is 0 Å². The number of benzene rings is 2. The van der Waals surface area contributed by atoms with Crippen LogP contribution in [-0.2, 0) is 0 Å². The van der Waals surface area contributed by atoms with Gasteiger partial charge in [-0.2, -0.15) is 5.10 Å². The highest BCUT2D eigenvalue weighted by atomic mass is 16.1. The Morgan fingerprint density at radius 3 is 2.31 bits per heavy atom. The standard InChI is InChI=1S/C20H15N5O/c26-20(17-4-8-18(9-5-17)24-12-11-21-14-24)10-3-16-1-6-19(7-2-16)25-15-22-13-23-25/h1-15H/b10-3+. The van der Waals surface area contributed by atoms with Gasteiger partial charge in [0.15, 0.2) is 5.78 Å². The van der Waals surface area contributed by atoms with Crippen LogP contribution in [0.4, 0.5) is 0 Å². The number of hydrogen-bond acceptors (Lipinski definition) is 4. The summed E-state index contributed by atoms with van der Waals surface area (Å²) in [5.74, 6) is -0.0393. The Bertz CT molecular complexity index is 1020. The van der Waals surface area contributed by atoms with Gasteiger partial charge in [0.1, 0.15) is 12.7 Å². The number of nitrogens with zero attached hydrogens (tertiary/aromatic N) is 5. The van der Waals surface area contributed by atoms with Crippen molar-refractivity contribution in [2.75, 3.05) is 0 Å². The molecule has 0 aliphatic heterocycles. The number of aromatic nitrogens is 5. The van der Waals surface area contributed by atoms with Crippen LogP contribution in [0.2, 0.25) is 0 Å². The molecule has 4 rings (SSSR count). The van der Waals surface area contributed by atoms with Crippen molar-refractivity contribution in [3.05, 3.63) is 97.1 Å². The molecule has 0 fully saturated rings. The zero-order chi connectivity index (χ0) is 17.8. The van der Waals surface area contributed by atoms with Crippen molar-refractivity contribution in [3.63, 3.8) is 0 Å². The van der Waals surface area contributed by atoms with Crippen molar-refractivity contribution in [2.24, 2.45) is 0 Å². The summed E-state index contributed by atoms with van der Waals surface area (Å²) in [6.45, 7) is 0. The van der Waals surface area contributed by atoms with Crippen LogP contribution in [0.25, 0.3) is 17.5 Å². The molecule has 2 heterocycles. The van der Waals surface area contributed by atoms with Crippen LogP contribution in [0.3, 0.4) is 0 Å². The molecule has 0 N–H and O–H groups in total. The second kappa shape index (κ2) is 6.98. The first-order chi connectivity index (χ1) is 12.8. The van der Waals surface area contributed by atoms with E-state index in [0.717, 1.165) is 16.9 Å². The van der Waals surface area contributed by atoms with Gasteiger partial charge in [-0.1, -0.05) is 18.2 Å². The van der Waals surface area contributed by atoms with Gasteiger partial charge in [-0.25, -0.2) is 14.6 Å². The summed E-state index contributed by atoms with van der Waals surface area (Å²) >= 11 is 0. The van der Waals surface area contributed by atoms with E-state index in [4.69, 9.17) is 0 Å². The van der Waals surface area contributed by atoms with Gasteiger partial charge < -0.3 is 4.57 Å². The third kappa shape index (κ3) is 3.34. The summed E-state index contributed by atoms with van der Waals surface area (Å²) in [6, 6.07) is 15.2. The largest absolute Gasteiger partial charge is 0.306 e. The molecule has 4 aromatic rings. The van der Waals surface area contributed by atoms with Crippen molar-refractivity contribution >= 4 is 11.9 Å². The van der Waals surface area contributed by atoms with E-state index in [2.05, 4.69) is 15.1 Å². The number of allylic oxidation sites excluding steroid dienone is 1. The van der Waals surface area contributed by atoms with E-state index >= 15 is 0 Å². The Labute approximate surface area is 150 Å². The van der Waals surface area contributed by atoms with Gasteiger partial charge >= 0.3 is 0 Å². The predicted molar refractivity (Wildman–Crippen MR) is 98.3 cm³/mol. The Morgan fingerprint density at radius 1 is 0.885 bits per heavy atom. The number of imidazole rings is 1. The zero-order valence-corrected chi connectivity index (χ0v) is 13.8. The van der Waals surface area contributed by atoms with Gasteiger partial charge in [0.2, 0.25) is 0 Å². The number of hydrogen-bond donors (Lipinski definition) is 0. The lowest BCUT2D eigenvalue weighted by Gasteiger charge is -2.03. The van der Waals surface area contributed by atoms with Crippen LogP contribution < -0.4 is 0 Å². The molecule has 0 spiro atoms. The molecular weight excluding hydrogens is 326 g/mol. The Hall–Kier alpha value is -3.80. The first-order valence-electron chi connectivity index (χ1n) is 8.05. The lowest BCUT2D eigenvalue weighted by atomic mass is 10.1. The smallest absolute Gasteiger partial charge is 0.185 e. The summed E-state index contributed by atoms with van der Waals surface area (Å²) in [4.78, 5) is 20.3. The highest BCUT2D eigenvalue weighted by molar-refractivity contribution is 6.06. The van der Waals surface area contributed by atoms with E-state index in [9.17, 15) is 4.79 Å². The quantitative estimate of drug-likeness (QED) is 0.412. The summed E-state index contributed by atoms with van der Waals surface area (Å²) < 4.78 is 3.57. The molecule has 0 radical (unpaired) electrons. The fourth-order valence-electron chi connectivity index (χ4n) is 2.56. The molecule has 0 atom stereocenters. The molecule has 0 saturated heterocycles. The second-order valence-corrected chi connectivity index (χ2v) is 5.65. The van der Waals surface area contributed by atoms with Gasteiger partial charge in [-0.05, 0) is 48.0 Å². The van der Waals surface area contributed by atoms with Gasteiger partial charge in [0.25, 0.3) is 0 Å². The molecule has 26 heavy (non-hydrogen) atoms. The van der Waals surface area contributed by atoms with E-state index in [1.807, 2.05) is 59.3 Å². The average molecular weight is 341 g/mol. The summed E-state index contributed by atoms with van der Waals surface area (Å²) in [5, 5.41) is 4.08. The first-order valence-corrected chi connectivity index (χ1v) is 8.05. The highest BCUT2D eigenvalue weighted by Gasteiger charge is 2.03. The molecule has 2 aromatic carbocycles. The third-order valence-electron chi connectivity index (χ3n) is 3.96. The van der Waals surface area contributed by atoms with Gasteiger partial charge in [0.05, 0.1) is 12.0 Å². The van der Waals surface area contributed by atoms with Crippen LogP contribution in [0, 0.1) is 0 Å². The zero-order valence-electron chi connectivity index (χ0n) is 13.8. The van der Waals surface area contributed by atoms with E-state index in [1.54, 1.807) is 35.7 Å². The SMILES string of the molecule is O=C(/C=C/c1ccc(-n2cncn2)cc1)c1ccc(-n2ccnc2)cc1. The first kappa shape index (κ1) is 15.7. The maximum absolute atomic E-state index is 12.3. The number of ketones is 1. The monoisotopic (exact) mass is 341 g/mol. The van der Waals surface area contributed by atoms with E-state index < -0.39 is 0 Å². The Morgan fingerprint density at radius 2 is 1.65 bits per heavy atom. The number of carbonyl (C=O) groups excluding carboxylic acids is 1. The van der Waals surface area contributed by atoms with Crippen molar-refractivity contribution in [3.8, 4) is 11.4 Å². The minimum absolute atomic E-state index is 0.0393. The molecule has 2 aromatic heterocycles.